The number of rotatable bonds is 5. The minimum absolute atomic E-state index is 0.445. The van der Waals surface area contributed by atoms with Crippen LogP contribution in [-0.4, -0.2) is 16.2 Å². The van der Waals surface area contributed by atoms with Gasteiger partial charge in [-0.1, -0.05) is 22.2 Å². The Bertz CT molecular complexity index is 402. The second kappa shape index (κ2) is 5.55. The van der Waals surface area contributed by atoms with E-state index >= 15 is 0 Å². The normalized spacial score (nSPS) is 10.7. The van der Waals surface area contributed by atoms with Crippen molar-refractivity contribution in [3.8, 4) is 0 Å². The molecule has 2 aromatic rings. The van der Waals surface area contributed by atoms with Crippen LogP contribution in [0.2, 0.25) is 4.34 Å². The van der Waals surface area contributed by atoms with E-state index in [1.807, 2.05) is 6.07 Å². The molecule has 0 bridgehead atoms. The summed E-state index contributed by atoms with van der Waals surface area (Å²) in [6.45, 7) is 1.13. The van der Waals surface area contributed by atoms with Gasteiger partial charge in [0.25, 0.3) is 0 Å². The van der Waals surface area contributed by atoms with Gasteiger partial charge in [-0.2, -0.15) is 0 Å². The van der Waals surface area contributed by atoms with Crippen LogP contribution < -0.4 is 0 Å². The van der Waals surface area contributed by atoms with Crippen LogP contribution in [0.3, 0.4) is 0 Å². The molecule has 0 saturated carbocycles. The van der Waals surface area contributed by atoms with Crippen molar-refractivity contribution in [1.82, 2.24) is 9.59 Å². The zero-order valence-corrected chi connectivity index (χ0v) is 10.2. The molecule has 0 aliphatic heterocycles. The summed E-state index contributed by atoms with van der Waals surface area (Å²) in [4.78, 5) is 1.33. The molecule has 2 rings (SSSR count). The van der Waals surface area contributed by atoms with Crippen molar-refractivity contribution in [2.24, 2.45) is 0 Å². The van der Waals surface area contributed by atoms with Crippen LogP contribution in [0.5, 0.6) is 0 Å². The lowest BCUT2D eigenvalue weighted by atomic mass is 10.4. The van der Waals surface area contributed by atoms with Crippen LogP contribution in [-0.2, 0) is 17.8 Å². The third-order valence-corrected chi connectivity index (χ3v) is 3.74. The smallest absolute Gasteiger partial charge is 0.139 e. The Morgan fingerprint density at radius 2 is 2.40 bits per heavy atom. The molecule has 0 atom stereocenters. The number of nitrogens with zero attached hydrogens (tertiary/aromatic N) is 2. The Morgan fingerprint density at radius 1 is 1.47 bits per heavy atom. The topological polar surface area (TPSA) is 35.0 Å². The maximum absolute atomic E-state index is 5.83. The van der Waals surface area contributed by atoms with Gasteiger partial charge in [-0.15, -0.1) is 16.4 Å². The van der Waals surface area contributed by atoms with Gasteiger partial charge in [0.2, 0.25) is 0 Å². The number of hydrogen-bond acceptors (Lipinski definition) is 5. The molecule has 0 fully saturated rings. The highest BCUT2D eigenvalue weighted by Crippen LogP contribution is 2.18. The first-order chi connectivity index (χ1) is 7.36. The van der Waals surface area contributed by atoms with E-state index in [-0.39, 0.29) is 0 Å². The van der Waals surface area contributed by atoms with E-state index in [2.05, 4.69) is 21.0 Å². The van der Waals surface area contributed by atoms with Crippen molar-refractivity contribution in [1.29, 1.82) is 0 Å². The molecule has 15 heavy (non-hydrogen) atoms. The highest BCUT2D eigenvalue weighted by Gasteiger charge is 2.04. The van der Waals surface area contributed by atoms with Crippen molar-refractivity contribution in [2.45, 2.75) is 13.0 Å². The first kappa shape index (κ1) is 11.0. The highest BCUT2D eigenvalue weighted by atomic mass is 35.5. The third-order valence-electron chi connectivity index (χ3n) is 1.82. The molecule has 2 aromatic heterocycles. The van der Waals surface area contributed by atoms with Crippen LogP contribution in [0.4, 0.5) is 0 Å². The van der Waals surface area contributed by atoms with Gasteiger partial charge in [-0.05, 0) is 11.4 Å². The predicted molar refractivity (Wildman–Crippen MR) is 62.6 cm³/mol. The maximum atomic E-state index is 5.83. The predicted octanol–water partition coefficient (Wildman–Crippen LogP) is 3.01. The van der Waals surface area contributed by atoms with Crippen molar-refractivity contribution in [2.75, 3.05) is 6.61 Å². The van der Waals surface area contributed by atoms with Gasteiger partial charge in [0.05, 0.1) is 13.2 Å². The summed E-state index contributed by atoms with van der Waals surface area (Å²) in [5, 5.41) is 5.93. The average Bonchev–Trinajstić information content (AvgIpc) is 2.85. The van der Waals surface area contributed by atoms with Crippen molar-refractivity contribution < 1.29 is 4.74 Å². The van der Waals surface area contributed by atoms with E-state index in [0.29, 0.717) is 17.6 Å². The van der Waals surface area contributed by atoms with Crippen molar-refractivity contribution in [3.63, 3.8) is 0 Å². The zero-order chi connectivity index (χ0) is 10.5. The van der Waals surface area contributed by atoms with Gasteiger partial charge in [0.15, 0.2) is 0 Å². The van der Waals surface area contributed by atoms with E-state index in [4.69, 9.17) is 16.3 Å². The van der Waals surface area contributed by atoms with E-state index in [1.165, 1.54) is 16.4 Å². The molecule has 0 aliphatic rings. The molecule has 0 N–H and O–H groups in total. The van der Waals surface area contributed by atoms with Gasteiger partial charge < -0.3 is 4.74 Å². The van der Waals surface area contributed by atoms with E-state index in [0.717, 1.165) is 12.1 Å². The summed E-state index contributed by atoms with van der Waals surface area (Å²) in [5.74, 6) is 0. The Hall–Kier alpha value is -0.490. The molecule has 0 amide bonds. The Kier molecular flexibility index (Phi) is 4.08. The highest BCUT2D eigenvalue weighted by molar-refractivity contribution is 7.10. The summed E-state index contributed by atoms with van der Waals surface area (Å²) >= 11 is 8.76. The molecule has 0 spiro atoms. The zero-order valence-electron chi connectivity index (χ0n) is 7.85. The second-order valence-corrected chi connectivity index (χ2v) is 5.26. The first-order valence-electron chi connectivity index (χ1n) is 4.43. The molecule has 6 heteroatoms. The van der Waals surface area contributed by atoms with Gasteiger partial charge in [0, 0.05) is 22.8 Å². The lowest BCUT2D eigenvalue weighted by Crippen LogP contribution is -1.98. The lowest BCUT2D eigenvalue weighted by molar-refractivity contribution is 0.121. The number of ether oxygens (including phenoxy) is 1. The minimum Gasteiger partial charge on any atom is -0.375 e. The Labute approximate surface area is 101 Å². The van der Waals surface area contributed by atoms with E-state index < -0.39 is 0 Å². The van der Waals surface area contributed by atoms with Crippen molar-refractivity contribution >= 4 is 34.5 Å². The molecule has 0 aliphatic carbocycles. The molecule has 2 heterocycles. The molecule has 0 radical (unpaired) electrons. The summed E-state index contributed by atoms with van der Waals surface area (Å²) in [7, 11) is 0. The largest absolute Gasteiger partial charge is 0.375 e. The molecule has 0 saturated heterocycles. The SMILES string of the molecule is Clc1snnc1COCCc1cccs1. The van der Waals surface area contributed by atoms with Gasteiger partial charge in [-0.3, -0.25) is 0 Å². The first-order valence-corrected chi connectivity index (χ1v) is 6.46. The Morgan fingerprint density at radius 3 is 3.07 bits per heavy atom. The molecule has 0 unspecified atom stereocenters. The summed E-state index contributed by atoms with van der Waals surface area (Å²) in [5.41, 5.74) is 0.729. The summed E-state index contributed by atoms with van der Waals surface area (Å²) in [6, 6.07) is 4.15. The molecule has 0 aromatic carbocycles. The fourth-order valence-corrected chi connectivity index (χ4v) is 2.37. The van der Waals surface area contributed by atoms with Crippen LogP contribution in [0.25, 0.3) is 0 Å². The molecular weight excluding hydrogens is 252 g/mol. The van der Waals surface area contributed by atoms with Crippen molar-refractivity contribution in [3.05, 3.63) is 32.4 Å². The van der Waals surface area contributed by atoms with Gasteiger partial charge >= 0.3 is 0 Å². The molecule has 80 valence electrons. The minimum atomic E-state index is 0.445. The number of hydrogen-bond donors (Lipinski definition) is 0. The standard InChI is InChI=1S/C9H9ClN2OS2/c10-9-8(11-12-15-9)6-13-4-3-7-2-1-5-14-7/h1-2,5H,3-4,6H2. The fraction of sp³-hybridized carbons (Fsp3) is 0.333. The van der Waals surface area contributed by atoms with Crippen LogP contribution in [0, 0.1) is 0 Å². The van der Waals surface area contributed by atoms with E-state index in [9.17, 15) is 0 Å². The van der Waals surface area contributed by atoms with Crippen LogP contribution >= 0.6 is 34.5 Å². The second-order valence-electron chi connectivity index (χ2n) is 2.88. The molecular formula is C9H9ClN2OS2. The fourth-order valence-electron chi connectivity index (χ4n) is 1.08. The maximum Gasteiger partial charge on any atom is 0.139 e. The number of thiophene rings is 1. The third kappa shape index (κ3) is 3.24. The lowest BCUT2D eigenvalue weighted by Gasteiger charge is -2.00. The van der Waals surface area contributed by atoms with E-state index in [1.54, 1.807) is 11.3 Å². The quantitative estimate of drug-likeness (QED) is 0.775. The number of halogens is 1. The monoisotopic (exact) mass is 260 g/mol. The van der Waals surface area contributed by atoms with Crippen LogP contribution in [0.1, 0.15) is 10.6 Å². The van der Waals surface area contributed by atoms with Crippen LogP contribution in [0.15, 0.2) is 17.5 Å². The Balaban J connectivity index is 1.70. The summed E-state index contributed by atoms with van der Waals surface area (Å²) in [6.07, 6.45) is 0.937. The summed E-state index contributed by atoms with van der Waals surface area (Å²) < 4.78 is 9.81. The van der Waals surface area contributed by atoms with Gasteiger partial charge in [0.1, 0.15) is 10.0 Å². The average molecular weight is 261 g/mol. The van der Waals surface area contributed by atoms with Gasteiger partial charge in [-0.25, -0.2) is 0 Å². The number of aromatic nitrogens is 2. The molecule has 3 nitrogen and oxygen atoms in total.